The fourth-order valence-corrected chi connectivity index (χ4v) is 2.49. The summed E-state index contributed by atoms with van der Waals surface area (Å²) in [5.74, 6) is 0.708. The Kier molecular flexibility index (Phi) is 3.74. The van der Waals surface area contributed by atoms with Crippen molar-refractivity contribution < 1.29 is 18.8 Å². The number of aromatic carboxylic acids is 1. The molecule has 0 aliphatic rings. The molecular formula is C14H10N2O4S. The van der Waals surface area contributed by atoms with Gasteiger partial charge in [0.1, 0.15) is 5.69 Å². The number of hydrogen-bond donors (Lipinski definition) is 1. The van der Waals surface area contributed by atoms with Crippen LogP contribution >= 0.6 is 11.8 Å². The fraction of sp³-hybridized carbons (Fsp3) is 0.0714. The minimum Gasteiger partial charge on any atom is -0.477 e. The van der Waals surface area contributed by atoms with Gasteiger partial charge in [0, 0.05) is 22.9 Å². The highest BCUT2D eigenvalue weighted by molar-refractivity contribution is 7.98. The van der Waals surface area contributed by atoms with Gasteiger partial charge in [-0.05, 0) is 24.3 Å². The van der Waals surface area contributed by atoms with Crippen LogP contribution in [0.4, 0.5) is 0 Å². The highest BCUT2D eigenvalue weighted by Crippen LogP contribution is 2.26. The summed E-state index contributed by atoms with van der Waals surface area (Å²) in [7, 11) is 0. The second-order valence-corrected chi connectivity index (χ2v) is 5.18. The maximum Gasteiger partial charge on any atom is 0.354 e. The molecule has 3 aromatic heterocycles. The number of rotatable bonds is 5. The summed E-state index contributed by atoms with van der Waals surface area (Å²) in [6.07, 6.45) is 3.04. The number of pyridine rings is 1. The Bertz CT molecular complexity index is 752. The largest absolute Gasteiger partial charge is 0.477 e. The Morgan fingerprint density at radius 3 is 2.95 bits per heavy atom. The van der Waals surface area contributed by atoms with Crippen LogP contribution in [0.25, 0.3) is 11.5 Å². The van der Waals surface area contributed by atoms with Gasteiger partial charge >= 0.3 is 5.97 Å². The molecule has 21 heavy (non-hydrogen) atoms. The van der Waals surface area contributed by atoms with Crippen LogP contribution in [0.3, 0.4) is 0 Å². The van der Waals surface area contributed by atoms with E-state index in [4.69, 9.17) is 14.0 Å². The Hall–Kier alpha value is -2.54. The van der Waals surface area contributed by atoms with Gasteiger partial charge in [-0.2, -0.15) is 0 Å². The van der Waals surface area contributed by atoms with Gasteiger partial charge in [-0.1, -0.05) is 5.16 Å². The van der Waals surface area contributed by atoms with Gasteiger partial charge < -0.3 is 14.0 Å². The maximum atomic E-state index is 10.9. The van der Waals surface area contributed by atoms with E-state index in [0.29, 0.717) is 17.3 Å². The molecule has 0 spiro atoms. The molecule has 0 saturated heterocycles. The van der Waals surface area contributed by atoms with Crippen LogP contribution in [-0.4, -0.2) is 21.2 Å². The Morgan fingerprint density at radius 2 is 2.19 bits per heavy atom. The summed E-state index contributed by atoms with van der Waals surface area (Å²) in [5, 5.41) is 12.9. The topological polar surface area (TPSA) is 89.4 Å². The number of nitrogens with zero attached hydrogens (tertiary/aromatic N) is 2. The molecule has 0 amide bonds. The Morgan fingerprint density at radius 1 is 1.29 bits per heavy atom. The fourth-order valence-electron chi connectivity index (χ4n) is 1.69. The van der Waals surface area contributed by atoms with Crippen molar-refractivity contribution in [1.82, 2.24) is 10.1 Å². The zero-order chi connectivity index (χ0) is 14.7. The molecule has 0 aromatic carbocycles. The lowest BCUT2D eigenvalue weighted by atomic mass is 10.3. The van der Waals surface area contributed by atoms with E-state index in [-0.39, 0.29) is 5.69 Å². The quantitative estimate of drug-likeness (QED) is 0.723. The van der Waals surface area contributed by atoms with Gasteiger partial charge in [0.25, 0.3) is 0 Å². The van der Waals surface area contributed by atoms with Crippen LogP contribution in [-0.2, 0) is 5.75 Å². The molecule has 106 valence electrons. The van der Waals surface area contributed by atoms with Crippen molar-refractivity contribution in [2.75, 3.05) is 0 Å². The number of carbonyl (C=O) groups is 1. The number of carboxylic acids is 1. The summed E-state index contributed by atoms with van der Waals surface area (Å²) >= 11 is 1.46. The van der Waals surface area contributed by atoms with E-state index in [1.54, 1.807) is 30.5 Å². The summed E-state index contributed by atoms with van der Waals surface area (Å²) in [4.78, 5) is 15.4. The number of aromatic nitrogens is 2. The zero-order valence-electron chi connectivity index (χ0n) is 10.7. The lowest BCUT2D eigenvalue weighted by molar-refractivity contribution is 0.0690. The molecule has 0 saturated carbocycles. The van der Waals surface area contributed by atoms with Crippen LogP contribution in [0.5, 0.6) is 0 Å². The van der Waals surface area contributed by atoms with E-state index in [1.807, 2.05) is 0 Å². The molecule has 0 bridgehead atoms. The van der Waals surface area contributed by atoms with Crippen LogP contribution in [0.2, 0.25) is 0 Å². The van der Waals surface area contributed by atoms with Crippen molar-refractivity contribution in [3.05, 3.63) is 54.2 Å². The second-order valence-electron chi connectivity index (χ2n) is 4.13. The predicted octanol–water partition coefficient (Wildman–Crippen LogP) is 3.32. The molecule has 3 heterocycles. The van der Waals surface area contributed by atoms with Crippen molar-refractivity contribution >= 4 is 17.7 Å². The van der Waals surface area contributed by atoms with E-state index in [0.717, 1.165) is 10.6 Å². The lowest BCUT2D eigenvalue weighted by Crippen LogP contribution is -1.99. The van der Waals surface area contributed by atoms with Crippen molar-refractivity contribution in [3.63, 3.8) is 0 Å². The standard InChI is InChI=1S/C14H10N2O4S/c17-14(18)11-7-10(3-4-15-11)21-8-9-6-13(20-16-9)12-2-1-5-19-12/h1-7H,8H2,(H,17,18). The van der Waals surface area contributed by atoms with E-state index in [2.05, 4.69) is 10.1 Å². The maximum absolute atomic E-state index is 10.9. The molecule has 6 nitrogen and oxygen atoms in total. The van der Waals surface area contributed by atoms with Gasteiger partial charge in [0.2, 0.25) is 5.76 Å². The average Bonchev–Trinajstić information content (AvgIpc) is 3.16. The molecule has 0 radical (unpaired) electrons. The molecule has 3 rings (SSSR count). The minimum atomic E-state index is -1.04. The summed E-state index contributed by atoms with van der Waals surface area (Å²) in [6.45, 7) is 0. The van der Waals surface area contributed by atoms with E-state index in [9.17, 15) is 4.79 Å². The first kappa shape index (κ1) is 13.4. The summed E-state index contributed by atoms with van der Waals surface area (Å²) in [5.41, 5.74) is 0.775. The second kappa shape index (κ2) is 5.84. The lowest BCUT2D eigenvalue weighted by Gasteiger charge is -1.99. The third-order valence-corrected chi connectivity index (χ3v) is 3.69. The third-order valence-electron chi connectivity index (χ3n) is 2.66. The van der Waals surface area contributed by atoms with E-state index < -0.39 is 5.97 Å². The summed E-state index contributed by atoms with van der Waals surface area (Å²) in [6, 6.07) is 8.65. The molecule has 0 aliphatic carbocycles. The average molecular weight is 302 g/mol. The van der Waals surface area contributed by atoms with E-state index in [1.165, 1.54) is 24.0 Å². The van der Waals surface area contributed by atoms with Gasteiger partial charge in [-0.15, -0.1) is 11.8 Å². The van der Waals surface area contributed by atoms with Crippen molar-refractivity contribution in [1.29, 1.82) is 0 Å². The highest BCUT2D eigenvalue weighted by atomic mass is 32.2. The van der Waals surface area contributed by atoms with E-state index >= 15 is 0 Å². The first-order chi connectivity index (χ1) is 10.2. The molecule has 1 N–H and O–H groups in total. The molecule has 0 atom stereocenters. The first-order valence-electron chi connectivity index (χ1n) is 6.04. The van der Waals surface area contributed by atoms with Gasteiger partial charge in [0.15, 0.2) is 5.76 Å². The number of carboxylic acid groups (broad SMARTS) is 1. The van der Waals surface area contributed by atoms with Crippen molar-refractivity contribution in [3.8, 4) is 11.5 Å². The molecule has 0 unspecified atom stereocenters. The van der Waals surface area contributed by atoms with Crippen LogP contribution in [0, 0.1) is 0 Å². The molecule has 0 aliphatic heterocycles. The number of hydrogen-bond acceptors (Lipinski definition) is 6. The van der Waals surface area contributed by atoms with Gasteiger partial charge in [-0.3, -0.25) is 0 Å². The van der Waals surface area contributed by atoms with Crippen molar-refractivity contribution in [2.24, 2.45) is 0 Å². The molecule has 0 fully saturated rings. The molecule has 7 heteroatoms. The van der Waals surface area contributed by atoms with Crippen LogP contribution in [0.1, 0.15) is 16.2 Å². The SMILES string of the molecule is O=C(O)c1cc(SCc2cc(-c3ccco3)on2)ccn1. The van der Waals surface area contributed by atoms with Crippen molar-refractivity contribution in [2.45, 2.75) is 10.6 Å². The number of thioether (sulfide) groups is 1. The van der Waals surface area contributed by atoms with Crippen LogP contribution in [0.15, 0.2) is 56.6 Å². The Balaban J connectivity index is 1.68. The molecular weight excluding hydrogens is 292 g/mol. The molecule has 3 aromatic rings. The minimum absolute atomic E-state index is 0.0245. The third kappa shape index (κ3) is 3.14. The number of furan rings is 1. The highest BCUT2D eigenvalue weighted by Gasteiger charge is 2.10. The van der Waals surface area contributed by atoms with Crippen LogP contribution < -0.4 is 0 Å². The van der Waals surface area contributed by atoms with Gasteiger partial charge in [-0.25, -0.2) is 9.78 Å². The summed E-state index contributed by atoms with van der Waals surface area (Å²) < 4.78 is 10.4. The normalized spacial score (nSPS) is 10.7. The smallest absolute Gasteiger partial charge is 0.354 e. The Labute approximate surface area is 123 Å². The monoisotopic (exact) mass is 302 g/mol. The predicted molar refractivity (Wildman–Crippen MR) is 75.0 cm³/mol. The van der Waals surface area contributed by atoms with Gasteiger partial charge in [0.05, 0.1) is 12.0 Å². The first-order valence-corrected chi connectivity index (χ1v) is 7.02. The zero-order valence-corrected chi connectivity index (χ0v) is 11.5.